The number of carbonyl (C=O) groups excluding carboxylic acids is 1. The highest BCUT2D eigenvalue weighted by molar-refractivity contribution is 5.85. The minimum Gasteiger partial charge on any atom is -0.383 e. The lowest BCUT2D eigenvalue weighted by molar-refractivity contribution is -0.124. The predicted octanol–water partition coefficient (Wildman–Crippen LogP) is 2.05. The maximum atomic E-state index is 12.0. The molecule has 0 spiro atoms. The van der Waals surface area contributed by atoms with E-state index in [0.29, 0.717) is 0 Å². The van der Waals surface area contributed by atoms with Gasteiger partial charge in [-0.2, -0.15) is 0 Å². The van der Waals surface area contributed by atoms with E-state index in [9.17, 15) is 4.79 Å². The molecule has 0 saturated carbocycles. The average molecular weight is 363 g/mol. The lowest BCUT2D eigenvalue weighted by atomic mass is 10.2. The van der Waals surface area contributed by atoms with Crippen molar-refractivity contribution in [1.82, 2.24) is 14.9 Å². The standard InChI is InChI=1S/C15H22N4O2.2ClH/c1-4-19-13-8-6-5-7-12(13)18-14(19)10(2)17-15(20)11(16)9-21-3;;/h5-8,10-11H,4,9,16H2,1-3H3,(H,17,20);2*1H. The number of benzene rings is 1. The van der Waals surface area contributed by atoms with Crippen molar-refractivity contribution in [2.24, 2.45) is 5.73 Å². The quantitative estimate of drug-likeness (QED) is 0.823. The highest BCUT2D eigenvalue weighted by atomic mass is 35.5. The van der Waals surface area contributed by atoms with Crippen LogP contribution in [0.5, 0.6) is 0 Å². The van der Waals surface area contributed by atoms with E-state index in [1.807, 2.05) is 31.2 Å². The van der Waals surface area contributed by atoms with E-state index in [4.69, 9.17) is 10.5 Å². The number of imidazole rings is 1. The van der Waals surface area contributed by atoms with E-state index in [2.05, 4.69) is 21.8 Å². The molecule has 2 rings (SSSR count). The summed E-state index contributed by atoms with van der Waals surface area (Å²) in [5.41, 5.74) is 7.73. The Hall–Kier alpha value is -1.34. The van der Waals surface area contributed by atoms with Crippen molar-refractivity contribution >= 4 is 41.8 Å². The molecule has 3 N–H and O–H groups in total. The second kappa shape index (κ2) is 9.72. The van der Waals surface area contributed by atoms with Gasteiger partial charge in [-0.1, -0.05) is 12.1 Å². The van der Waals surface area contributed by atoms with Crippen LogP contribution in [-0.2, 0) is 16.1 Å². The summed E-state index contributed by atoms with van der Waals surface area (Å²) in [5.74, 6) is 0.593. The summed E-state index contributed by atoms with van der Waals surface area (Å²) in [6.45, 7) is 4.95. The lowest BCUT2D eigenvalue weighted by Gasteiger charge is -2.18. The second-order valence-electron chi connectivity index (χ2n) is 5.00. The van der Waals surface area contributed by atoms with E-state index in [1.165, 1.54) is 7.11 Å². The number of aromatic nitrogens is 2. The Balaban J connectivity index is 0.00000242. The molecule has 0 aliphatic rings. The third-order valence-corrected chi connectivity index (χ3v) is 3.43. The van der Waals surface area contributed by atoms with Crippen molar-refractivity contribution in [3.63, 3.8) is 0 Å². The first kappa shape index (κ1) is 21.7. The molecule has 0 aliphatic carbocycles. The van der Waals surface area contributed by atoms with E-state index in [-0.39, 0.29) is 43.4 Å². The summed E-state index contributed by atoms with van der Waals surface area (Å²) in [6.07, 6.45) is 0. The van der Waals surface area contributed by atoms with Crippen LogP contribution < -0.4 is 11.1 Å². The molecule has 2 aromatic rings. The molecule has 6 nitrogen and oxygen atoms in total. The van der Waals surface area contributed by atoms with Gasteiger partial charge in [0.05, 0.1) is 23.7 Å². The average Bonchev–Trinajstić information content (AvgIpc) is 2.86. The molecule has 0 bridgehead atoms. The molecular weight excluding hydrogens is 339 g/mol. The number of rotatable bonds is 6. The zero-order chi connectivity index (χ0) is 15.4. The molecule has 0 aliphatic heterocycles. The second-order valence-corrected chi connectivity index (χ2v) is 5.00. The first-order chi connectivity index (χ1) is 10.1. The van der Waals surface area contributed by atoms with Crippen molar-refractivity contribution in [3.8, 4) is 0 Å². The van der Waals surface area contributed by atoms with Crippen LogP contribution in [0.3, 0.4) is 0 Å². The first-order valence-corrected chi connectivity index (χ1v) is 7.08. The van der Waals surface area contributed by atoms with Gasteiger partial charge in [-0.3, -0.25) is 4.79 Å². The summed E-state index contributed by atoms with van der Waals surface area (Å²) in [4.78, 5) is 16.6. The van der Waals surface area contributed by atoms with Crippen LogP contribution in [0.4, 0.5) is 0 Å². The fourth-order valence-corrected chi connectivity index (χ4v) is 2.40. The van der Waals surface area contributed by atoms with Crippen LogP contribution in [0.1, 0.15) is 25.7 Å². The number of hydrogen-bond donors (Lipinski definition) is 2. The monoisotopic (exact) mass is 362 g/mol. The lowest BCUT2D eigenvalue weighted by Crippen LogP contribution is -2.44. The maximum absolute atomic E-state index is 12.0. The number of amides is 1. The number of ether oxygens (including phenoxy) is 1. The Labute approximate surface area is 148 Å². The van der Waals surface area contributed by atoms with Gasteiger partial charge in [0.25, 0.3) is 0 Å². The zero-order valence-electron chi connectivity index (χ0n) is 13.5. The number of hydrogen-bond acceptors (Lipinski definition) is 4. The first-order valence-electron chi connectivity index (χ1n) is 7.08. The smallest absolute Gasteiger partial charge is 0.239 e. The summed E-state index contributed by atoms with van der Waals surface area (Å²) in [5, 5.41) is 2.89. The Kier molecular flexibility index (Phi) is 9.16. The number of fused-ring (bicyclic) bond motifs is 1. The summed E-state index contributed by atoms with van der Waals surface area (Å²) in [7, 11) is 1.52. The molecule has 1 aromatic carbocycles. The maximum Gasteiger partial charge on any atom is 0.239 e. The van der Waals surface area contributed by atoms with Gasteiger partial charge in [-0.05, 0) is 26.0 Å². The van der Waals surface area contributed by atoms with Crippen LogP contribution >= 0.6 is 24.8 Å². The molecule has 0 saturated heterocycles. The minimum atomic E-state index is -0.670. The van der Waals surface area contributed by atoms with Crippen LogP contribution in [0.15, 0.2) is 24.3 Å². The number of para-hydroxylation sites is 2. The van der Waals surface area contributed by atoms with Crippen LogP contribution in [0.2, 0.25) is 0 Å². The molecule has 0 radical (unpaired) electrons. The van der Waals surface area contributed by atoms with Gasteiger partial charge >= 0.3 is 0 Å². The molecule has 8 heteroatoms. The SMILES string of the molecule is CCn1c(C(C)NC(=O)C(N)COC)nc2ccccc21.Cl.Cl. The molecular formula is C15H24Cl2N4O2. The Morgan fingerprint density at radius 1 is 1.39 bits per heavy atom. The van der Waals surface area contributed by atoms with Crippen LogP contribution in [0, 0.1) is 0 Å². The molecule has 2 atom stereocenters. The predicted molar refractivity (Wildman–Crippen MR) is 96.3 cm³/mol. The summed E-state index contributed by atoms with van der Waals surface area (Å²) >= 11 is 0. The van der Waals surface area contributed by atoms with Gasteiger partial charge in [0.1, 0.15) is 11.9 Å². The van der Waals surface area contributed by atoms with Crippen molar-refractivity contribution in [1.29, 1.82) is 0 Å². The van der Waals surface area contributed by atoms with Gasteiger partial charge in [-0.25, -0.2) is 4.98 Å². The summed E-state index contributed by atoms with van der Waals surface area (Å²) < 4.78 is 7.00. The topological polar surface area (TPSA) is 82.2 Å². The molecule has 1 aromatic heterocycles. The fraction of sp³-hybridized carbons (Fsp3) is 0.467. The number of nitrogens with two attached hydrogens (primary N) is 1. The number of aryl methyl sites for hydroxylation is 1. The molecule has 1 amide bonds. The van der Waals surface area contributed by atoms with Gasteiger partial charge in [0, 0.05) is 13.7 Å². The van der Waals surface area contributed by atoms with Crippen molar-refractivity contribution in [2.75, 3.05) is 13.7 Å². The Morgan fingerprint density at radius 2 is 2.04 bits per heavy atom. The van der Waals surface area contributed by atoms with Crippen molar-refractivity contribution < 1.29 is 9.53 Å². The number of halogens is 2. The van der Waals surface area contributed by atoms with Crippen LogP contribution in [0.25, 0.3) is 11.0 Å². The highest BCUT2D eigenvalue weighted by Gasteiger charge is 2.20. The Bertz CT molecular complexity index is 633. The molecule has 2 unspecified atom stereocenters. The van der Waals surface area contributed by atoms with Gasteiger partial charge in [0.15, 0.2) is 0 Å². The normalized spacial score (nSPS) is 12.9. The van der Waals surface area contributed by atoms with E-state index >= 15 is 0 Å². The molecule has 0 fully saturated rings. The van der Waals surface area contributed by atoms with E-state index in [0.717, 1.165) is 23.4 Å². The van der Waals surface area contributed by atoms with Crippen molar-refractivity contribution in [3.05, 3.63) is 30.1 Å². The van der Waals surface area contributed by atoms with E-state index in [1.54, 1.807) is 0 Å². The number of carbonyl (C=O) groups is 1. The minimum absolute atomic E-state index is 0. The zero-order valence-corrected chi connectivity index (χ0v) is 15.1. The van der Waals surface area contributed by atoms with Crippen molar-refractivity contribution in [2.45, 2.75) is 32.5 Å². The third-order valence-electron chi connectivity index (χ3n) is 3.43. The molecule has 23 heavy (non-hydrogen) atoms. The number of methoxy groups -OCH3 is 1. The number of nitrogens with zero attached hydrogens (tertiary/aromatic N) is 2. The third kappa shape index (κ3) is 4.81. The Morgan fingerprint density at radius 3 is 2.65 bits per heavy atom. The summed E-state index contributed by atoms with van der Waals surface area (Å²) in [6, 6.07) is 7.05. The highest BCUT2D eigenvalue weighted by Crippen LogP contribution is 2.20. The largest absolute Gasteiger partial charge is 0.383 e. The molecule has 1 heterocycles. The van der Waals surface area contributed by atoms with Gasteiger partial charge in [-0.15, -0.1) is 24.8 Å². The number of nitrogens with one attached hydrogen (secondary N) is 1. The molecule has 130 valence electrons. The van der Waals surface area contributed by atoms with Gasteiger partial charge < -0.3 is 20.4 Å². The van der Waals surface area contributed by atoms with E-state index < -0.39 is 6.04 Å². The van der Waals surface area contributed by atoms with Gasteiger partial charge in [0.2, 0.25) is 5.91 Å². The van der Waals surface area contributed by atoms with Crippen LogP contribution in [-0.4, -0.2) is 35.2 Å². The fourth-order valence-electron chi connectivity index (χ4n) is 2.40.